The fraction of sp³-hybridized carbons (Fsp3) is 0.417. The van der Waals surface area contributed by atoms with E-state index in [1.165, 1.54) is 0 Å². The minimum absolute atomic E-state index is 0. The van der Waals surface area contributed by atoms with Gasteiger partial charge in [0.05, 0.1) is 22.4 Å². The van der Waals surface area contributed by atoms with E-state index in [-0.39, 0.29) is 39.8 Å². The minimum atomic E-state index is -1.32. The zero-order chi connectivity index (χ0) is 14.7. The van der Waals surface area contributed by atoms with Crippen LogP contribution in [0.2, 0.25) is 0 Å². The fourth-order valence-electron chi connectivity index (χ4n) is 1.86. The van der Waals surface area contributed by atoms with Crippen molar-refractivity contribution < 1.29 is 44.3 Å². The number of hydrogen-bond acceptors (Lipinski definition) is 7. The van der Waals surface area contributed by atoms with E-state index >= 15 is 0 Å². The molecule has 0 N–H and O–H groups in total. The van der Waals surface area contributed by atoms with E-state index in [0.29, 0.717) is 4.91 Å². The molecule has 2 aliphatic heterocycles. The van der Waals surface area contributed by atoms with Gasteiger partial charge in [0.2, 0.25) is 0 Å². The molecule has 0 radical (unpaired) electrons. The van der Waals surface area contributed by atoms with E-state index in [1.807, 2.05) is 6.08 Å². The Balaban J connectivity index is 0.00000220. The standard InChI is InChI=1S/C12H14N2O3S3.Na/c1-2-13-5-6-19-9(13)4-3-8-11(17)14(7-10(15)16)12(18)20-8;/h3-4H,2,5-7H2,1H3,(H,15,16);/q;+1/p-1/b8-3-,9-4+;. The zero-order valence-electron chi connectivity index (χ0n) is 11.8. The van der Waals surface area contributed by atoms with Crippen LogP contribution in [0, 0.1) is 0 Å². The normalized spacial score (nSPS) is 22.3. The first kappa shape index (κ1) is 19.1. The van der Waals surface area contributed by atoms with Gasteiger partial charge < -0.3 is 14.8 Å². The molecule has 0 bridgehead atoms. The Labute approximate surface area is 159 Å². The van der Waals surface area contributed by atoms with Crippen LogP contribution in [0.1, 0.15) is 6.92 Å². The summed E-state index contributed by atoms with van der Waals surface area (Å²) in [4.78, 5) is 26.3. The molecule has 108 valence electrons. The van der Waals surface area contributed by atoms with Crippen LogP contribution in [0.4, 0.5) is 0 Å². The maximum absolute atomic E-state index is 12.0. The number of carboxylic acid groups (broad SMARTS) is 1. The molecule has 0 saturated carbocycles. The molecule has 0 spiro atoms. The van der Waals surface area contributed by atoms with E-state index in [0.717, 1.165) is 40.5 Å². The zero-order valence-corrected chi connectivity index (χ0v) is 16.3. The molecule has 21 heavy (non-hydrogen) atoms. The minimum Gasteiger partial charge on any atom is -0.548 e. The summed E-state index contributed by atoms with van der Waals surface area (Å²) in [6.07, 6.45) is 3.61. The fourth-order valence-corrected chi connectivity index (χ4v) is 4.14. The van der Waals surface area contributed by atoms with Crippen molar-refractivity contribution in [3.8, 4) is 0 Å². The third-order valence-corrected chi connectivity index (χ3v) is 5.32. The molecule has 2 aliphatic rings. The van der Waals surface area contributed by atoms with Crippen molar-refractivity contribution in [2.24, 2.45) is 0 Å². The van der Waals surface area contributed by atoms with Crippen LogP contribution in [0.5, 0.6) is 0 Å². The molecule has 2 saturated heterocycles. The summed E-state index contributed by atoms with van der Waals surface area (Å²) in [5.41, 5.74) is 0. The predicted molar refractivity (Wildman–Crippen MR) is 82.8 cm³/mol. The molecule has 1 amide bonds. The van der Waals surface area contributed by atoms with Crippen molar-refractivity contribution in [2.45, 2.75) is 6.92 Å². The third kappa shape index (κ3) is 4.74. The molecule has 0 atom stereocenters. The number of carbonyl (C=O) groups is 2. The Hall–Kier alpha value is 0.01000. The molecule has 2 heterocycles. The maximum Gasteiger partial charge on any atom is 1.00 e. The van der Waals surface area contributed by atoms with E-state index in [9.17, 15) is 14.7 Å². The molecule has 0 aromatic rings. The van der Waals surface area contributed by atoms with Gasteiger partial charge >= 0.3 is 29.6 Å². The van der Waals surface area contributed by atoms with Crippen molar-refractivity contribution in [3.05, 3.63) is 22.1 Å². The van der Waals surface area contributed by atoms with E-state index in [2.05, 4.69) is 11.8 Å². The van der Waals surface area contributed by atoms with E-state index in [4.69, 9.17) is 12.2 Å². The van der Waals surface area contributed by atoms with Gasteiger partial charge in [-0.05, 0) is 19.1 Å². The smallest absolute Gasteiger partial charge is 0.548 e. The molecule has 9 heteroatoms. The molecule has 0 aromatic carbocycles. The summed E-state index contributed by atoms with van der Waals surface area (Å²) < 4.78 is 0.260. The number of allylic oxidation sites excluding steroid dienone is 2. The number of hydrogen-bond donors (Lipinski definition) is 0. The first-order chi connectivity index (χ1) is 9.52. The van der Waals surface area contributed by atoms with Gasteiger partial charge in [0, 0.05) is 18.8 Å². The SMILES string of the molecule is CCN1CCS/C1=C/C=C1\SC(=S)N(CC(=O)[O-])C1=O.[Na+]. The second-order valence-corrected chi connectivity index (χ2v) is 6.89. The van der Waals surface area contributed by atoms with E-state index in [1.54, 1.807) is 17.8 Å². The Bertz CT molecular complexity index is 522. The van der Waals surface area contributed by atoms with Crippen molar-refractivity contribution in [3.63, 3.8) is 0 Å². The van der Waals surface area contributed by atoms with Gasteiger partial charge in [-0.2, -0.15) is 0 Å². The van der Waals surface area contributed by atoms with Crippen molar-refractivity contribution in [1.29, 1.82) is 0 Å². The number of nitrogens with zero attached hydrogens (tertiary/aromatic N) is 2. The molecule has 2 rings (SSSR count). The maximum atomic E-state index is 12.0. The molecule has 5 nitrogen and oxygen atoms in total. The van der Waals surface area contributed by atoms with Gasteiger partial charge in [-0.25, -0.2) is 0 Å². The number of thiocarbonyl (C=S) groups is 1. The number of carbonyl (C=O) groups excluding carboxylic acids is 2. The van der Waals surface area contributed by atoms with Crippen molar-refractivity contribution in [1.82, 2.24) is 9.80 Å². The molecule has 0 aromatic heterocycles. The van der Waals surface area contributed by atoms with Crippen LogP contribution in [-0.4, -0.2) is 51.4 Å². The quantitative estimate of drug-likeness (QED) is 0.312. The number of carboxylic acids is 1. The number of aliphatic carboxylic acids is 1. The van der Waals surface area contributed by atoms with Crippen LogP contribution in [0.25, 0.3) is 0 Å². The van der Waals surface area contributed by atoms with Gasteiger partial charge in [-0.3, -0.25) is 9.69 Å². The molecular formula is C12H13N2NaO3S3. The molecule has 0 unspecified atom stereocenters. The van der Waals surface area contributed by atoms with Crippen LogP contribution in [0.15, 0.2) is 22.1 Å². The Morgan fingerprint density at radius 1 is 1.48 bits per heavy atom. The first-order valence-electron chi connectivity index (χ1n) is 6.06. The average Bonchev–Trinajstić information content (AvgIpc) is 2.95. The average molecular weight is 352 g/mol. The summed E-state index contributed by atoms with van der Waals surface area (Å²) in [7, 11) is 0. The van der Waals surface area contributed by atoms with Crippen LogP contribution in [-0.2, 0) is 9.59 Å². The molecular weight excluding hydrogens is 339 g/mol. The Morgan fingerprint density at radius 2 is 2.19 bits per heavy atom. The summed E-state index contributed by atoms with van der Waals surface area (Å²) in [6.45, 7) is 3.53. The van der Waals surface area contributed by atoms with Crippen molar-refractivity contribution in [2.75, 3.05) is 25.4 Å². The van der Waals surface area contributed by atoms with Gasteiger partial charge in [-0.15, -0.1) is 11.8 Å². The number of thioether (sulfide) groups is 2. The summed E-state index contributed by atoms with van der Waals surface area (Å²) in [5, 5.41) is 11.7. The van der Waals surface area contributed by atoms with Crippen LogP contribution >= 0.6 is 35.7 Å². The van der Waals surface area contributed by atoms with Crippen LogP contribution < -0.4 is 34.7 Å². The van der Waals surface area contributed by atoms with Crippen molar-refractivity contribution >= 4 is 51.9 Å². The van der Waals surface area contributed by atoms with Gasteiger partial charge in [0.25, 0.3) is 5.91 Å². The Kier molecular flexibility index (Phi) is 7.80. The topological polar surface area (TPSA) is 63.7 Å². The largest absolute Gasteiger partial charge is 1.00 e. The predicted octanol–water partition coefficient (Wildman–Crippen LogP) is -2.61. The first-order valence-corrected chi connectivity index (χ1v) is 8.27. The van der Waals surface area contributed by atoms with E-state index < -0.39 is 12.5 Å². The third-order valence-electron chi connectivity index (χ3n) is 2.84. The van der Waals surface area contributed by atoms with Crippen LogP contribution in [0.3, 0.4) is 0 Å². The Morgan fingerprint density at radius 3 is 2.81 bits per heavy atom. The van der Waals surface area contributed by atoms with Gasteiger partial charge in [-0.1, -0.05) is 24.0 Å². The second-order valence-electron chi connectivity index (χ2n) is 4.10. The summed E-state index contributed by atoms with van der Waals surface area (Å²) in [6, 6.07) is 0. The van der Waals surface area contributed by atoms with Gasteiger partial charge in [0.15, 0.2) is 0 Å². The van der Waals surface area contributed by atoms with Gasteiger partial charge in [0.1, 0.15) is 4.32 Å². The summed E-state index contributed by atoms with van der Waals surface area (Å²) in [5.74, 6) is -0.643. The monoisotopic (exact) mass is 352 g/mol. The second kappa shape index (κ2) is 8.59. The summed E-state index contributed by atoms with van der Waals surface area (Å²) >= 11 is 7.87. The molecule has 2 fully saturated rings. The number of rotatable bonds is 4. The number of amides is 1. The molecule has 0 aliphatic carbocycles.